The van der Waals surface area contributed by atoms with Crippen molar-refractivity contribution in [3.05, 3.63) is 29.8 Å². The van der Waals surface area contributed by atoms with Crippen molar-refractivity contribution in [3.63, 3.8) is 0 Å². The zero-order chi connectivity index (χ0) is 33.7. The van der Waals surface area contributed by atoms with Crippen LogP contribution in [0.1, 0.15) is 43.5 Å². The van der Waals surface area contributed by atoms with Crippen LogP contribution in [0.3, 0.4) is 0 Å². The first-order valence-corrected chi connectivity index (χ1v) is 16.7. The number of likely N-dealkylation sites (tertiary alicyclic amines) is 1. The number of aliphatic hydroxyl groups is 2. The molecule has 7 rings (SSSR count). The molecule has 0 amide bonds. The van der Waals surface area contributed by atoms with E-state index in [1.54, 1.807) is 52.7 Å². The van der Waals surface area contributed by atoms with E-state index in [-0.39, 0.29) is 30.7 Å². The number of methoxy groups -OCH3 is 5. The van der Waals surface area contributed by atoms with Crippen LogP contribution in [0.25, 0.3) is 0 Å². The second kappa shape index (κ2) is 11.4. The van der Waals surface area contributed by atoms with Crippen LogP contribution < -0.4 is 4.74 Å². The number of nitrogens with zero attached hydrogens (tertiary/aromatic N) is 1. The molecule has 1 heterocycles. The van der Waals surface area contributed by atoms with Gasteiger partial charge in [0.25, 0.3) is 0 Å². The molecule has 47 heavy (non-hydrogen) atoms. The predicted octanol–water partition coefficient (Wildman–Crippen LogP) is 1.69. The summed E-state index contributed by atoms with van der Waals surface area (Å²) in [5.74, 6) is -2.10. The maximum Gasteiger partial charge on any atom is 0.338 e. The Morgan fingerprint density at radius 3 is 2.26 bits per heavy atom. The van der Waals surface area contributed by atoms with Gasteiger partial charge in [-0.05, 0) is 43.1 Å². The van der Waals surface area contributed by atoms with Crippen LogP contribution in [0, 0.1) is 34.5 Å². The Hall–Kier alpha value is -2.32. The Bertz CT molecular complexity index is 1390. The number of piperidine rings is 1. The third kappa shape index (κ3) is 4.00. The number of hydrogen-bond acceptors (Lipinski definition) is 12. The van der Waals surface area contributed by atoms with Crippen molar-refractivity contribution in [3.8, 4) is 5.75 Å². The lowest BCUT2D eigenvalue weighted by molar-refractivity contribution is -0.300. The fourth-order valence-electron chi connectivity index (χ4n) is 12.4. The molecule has 0 radical (unpaired) electrons. The molecule has 12 nitrogen and oxygen atoms in total. The van der Waals surface area contributed by atoms with Crippen molar-refractivity contribution < 1.29 is 53.0 Å². The van der Waals surface area contributed by atoms with Gasteiger partial charge in [-0.3, -0.25) is 9.69 Å². The average Bonchev–Trinajstić information content (AvgIpc) is 3.43. The normalized spacial score (nSPS) is 47.4. The van der Waals surface area contributed by atoms with Crippen molar-refractivity contribution in [2.75, 3.05) is 55.2 Å². The Balaban J connectivity index is 1.47. The molecule has 7 bridgehead atoms. The van der Waals surface area contributed by atoms with Crippen LogP contribution in [-0.2, 0) is 33.2 Å². The van der Waals surface area contributed by atoms with E-state index in [1.807, 2.05) is 0 Å². The van der Waals surface area contributed by atoms with Gasteiger partial charge in [0.15, 0.2) is 0 Å². The molecule has 0 aromatic heterocycles. The van der Waals surface area contributed by atoms with E-state index in [0.717, 1.165) is 0 Å². The van der Waals surface area contributed by atoms with Crippen molar-refractivity contribution in [1.29, 1.82) is 0 Å². The van der Waals surface area contributed by atoms with E-state index >= 15 is 0 Å². The van der Waals surface area contributed by atoms with E-state index in [4.69, 9.17) is 33.2 Å². The Morgan fingerprint density at radius 1 is 0.979 bits per heavy atom. The minimum Gasteiger partial charge on any atom is -0.497 e. The summed E-state index contributed by atoms with van der Waals surface area (Å²) in [5, 5.41) is 24.8. The molecule has 5 saturated carbocycles. The highest BCUT2D eigenvalue weighted by Gasteiger charge is 2.90. The third-order valence-corrected chi connectivity index (χ3v) is 13.4. The predicted molar refractivity (Wildman–Crippen MR) is 166 cm³/mol. The monoisotopic (exact) mass is 659 g/mol. The molecule has 12 heteroatoms. The Labute approximate surface area is 275 Å². The van der Waals surface area contributed by atoms with Gasteiger partial charge in [-0.2, -0.15) is 0 Å². The van der Waals surface area contributed by atoms with Crippen LogP contribution in [0.2, 0.25) is 0 Å². The largest absolute Gasteiger partial charge is 0.497 e. The second-order valence-electron chi connectivity index (χ2n) is 14.7. The minimum atomic E-state index is -1.58. The lowest BCUT2D eigenvalue weighted by Crippen LogP contribution is -2.79. The molecule has 1 spiro atoms. The van der Waals surface area contributed by atoms with Gasteiger partial charge < -0.3 is 43.4 Å². The van der Waals surface area contributed by atoms with Crippen LogP contribution >= 0.6 is 0 Å². The van der Waals surface area contributed by atoms with Gasteiger partial charge >= 0.3 is 11.9 Å². The standard InChI is InChI=1S/C35H49NO11/c1-8-36-16-32(17-41-3)22(38)13-23(43-5)35-21-14-33(40)24(44-6)15-34(47-18(2)37,26(29(35)36)27(45-7)28(32)35)25(21)30(33)46-31(39)19-9-11-20(42-4)12-10-19/h9-12,21-30,38,40H,8,13-17H2,1-7H3/t21-,22-,23+,24-,25-,26+,27+,28+,29-,30+,32-,33-,34+,35+/m1/s1. The van der Waals surface area contributed by atoms with Gasteiger partial charge in [-0.25, -0.2) is 4.79 Å². The molecule has 1 aliphatic heterocycles. The summed E-state index contributed by atoms with van der Waals surface area (Å²) in [5.41, 5.74) is -3.89. The average molecular weight is 660 g/mol. The molecular formula is C35H49NO11. The highest BCUT2D eigenvalue weighted by Crippen LogP contribution is 2.80. The van der Waals surface area contributed by atoms with Crippen molar-refractivity contribution in [2.24, 2.45) is 34.5 Å². The van der Waals surface area contributed by atoms with E-state index in [0.29, 0.717) is 37.4 Å². The van der Waals surface area contributed by atoms with Gasteiger partial charge in [0.2, 0.25) is 0 Å². The summed E-state index contributed by atoms with van der Waals surface area (Å²) < 4.78 is 43.2. The molecule has 0 unspecified atom stereocenters. The third-order valence-electron chi connectivity index (χ3n) is 13.4. The number of hydrogen-bond donors (Lipinski definition) is 2. The summed E-state index contributed by atoms with van der Waals surface area (Å²) in [6.45, 7) is 5.04. The van der Waals surface area contributed by atoms with E-state index in [9.17, 15) is 19.8 Å². The SMILES string of the molecule is CCN1C[C@@]2(COC)[C@H](O)C[C@H](OC)[C@@]34[C@@H]5C[C@@]6(O)[C@H](OC)C[C@](OC(C)=O)([C@H]5[C@@H]6OC(=O)c5ccc(OC)cc5)[C@@H]([C@H](OC)[C@@H]23)[C@@H]14. The summed E-state index contributed by atoms with van der Waals surface area (Å²) in [6.07, 6.45) is -2.70. The number of aliphatic hydroxyl groups excluding tert-OH is 1. The number of benzene rings is 1. The highest BCUT2D eigenvalue weighted by molar-refractivity contribution is 5.89. The van der Waals surface area contributed by atoms with Gasteiger partial charge in [0, 0.05) is 89.4 Å². The quantitative estimate of drug-likeness (QED) is 0.353. The molecule has 6 fully saturated rings. The lowest BCUT2D eigenvalue weighted by atomic mass is 9.42. The molecule has 1 aromatic rings. The van der Waals surface area contributed by atoms with E-state index in [1.165, 1.54) is 14.0 Å². The minimum absolute atomic E-state index is 0.179. The van der Waals surface area contributed by atoms with Crippen molar-refractivity contribution in [2.45, 2.75) is 80.9 Å². The van der Waals surface area contributed by atoms with Crippen LogP contribution in [0.4, 0.5) is 0 Å². The summed E-state index contributed by atoms with van der Waals surface area (Å²) >= 11 is 0. The summed E-state index contributed by atoms with van der Waals surface area (Å²) in [6, 6.07) is 6.44. The number of rotatable bonds is 10. The number of ether oxygens (including phenoxy) is 7. The first kappa shape index (κ1) is 33.2. The Morgan fingerprint density at radius 2 is 1.68 bits per heavy atom. The molecule has 5 aliphatic carbocycles. The fraction of sp³-hybridized carbons (Fsp3) is 0.771. The zero-order valence-electron chi connectivity index (χ0n) is 28.3. The van der Waals surface area contributed by atoms with Gasteiger partial charge in [-0.1, -0.05) is 6.92 Å². The van der Waals surface area contributed by atoms with Gasteiger partial charge in [-0.15, -0.1) is 0 Å². The fourth-order valence-corrected chi connectivity index (χ4v) is 12.4. The zero-order valence-corrected chi connectivity index (χ0v) is 28.3. The number of carbonyl (C=O) groups excluding carboxylic acids is 2. The van der Waals surface area contributed by atoms with Crippen molar-refractivity contribution >= 4 is 11.9 Å². The highest BCUT2D eigenvalue weighted by atomic mass is 16.6. The molecule has 1 saturated heterocycles. The number of fused-ring (bicyclic) bond motifs is 2. The van der Waals surface area contributed by atoms with E-state index in [2.05, 4.69) is 11.8 Å². The Kier molecular flexibility index (Phi) is 8.02. The first-order valence-electron chi connectivity index (χ1n) is 16.7. The molecule has 2 N–H and O–H groups in total. The molecule has 1 aromatic carbocycles. The van der Waals surface area contributed by atoms with E-state index < -0.39 is 76.3 Å². The number of carbonyl (C=O) groups is 2. The van der Waals surface area contributed by atoms with Crippen LogP contribution in [0.15, 0.2) is 24.3 Å². The van der Waals surface area contributed by atoms with Crippen LogP contribution in [0.5, 0.6) is 5.75 Å². The molecular weight excluding hydrogens is 610 g/mol. The smallest absolute Gasteiger partial charge is 0.338 e. The summed E-state index contributed by atoms with van der Waals surface area (Å²) in [4.78, 5) is 29.5. The molecule has 14 atom stereocenters. The molecule has 260 valence electrons. The van der Waals surface area contributed by atoms with Crippen LogP contribution in [-0.4, -0.2) is 130 Å². The lowest BCUT2D eigenvalue weighted by Gasteiger charge is -2.70. The van der Waals surface area contributed by atoms with Crippen molar-refractivity contribution in [1.82, 2.24) is 4.90 Å². The second-order valence-corrected chi connectivity index (χ2v) is 14.7. The first-order chi connectivity index (χ1) is 22.5. The maximum atomic E-state index is 13.9. The topological polar surface area (TPSA) is 142 Å². The van der Waals surface area contributed by atoms with Gasteiger partial charge in [0.1, 0.15) is 23.1 Å². The summed E-state index contributed by atoms with van der Waals surface area (Å²) in [7, 11) is 8.11. The molecule has 6 aliphatic rings. The number of esters is 2. The maximum absolute atomic E-state index is 13.9. The van der Waals surface area contributed by atoms with Gasteiger partial charge in [0.05, 0.1) is 43.7 Å².